The van der Waals surface area contributed by atoms with E-state index >= 15 is 0 Å². The Morgan fingerprint density at radius 2 is 1.00 bits per heavy atom. The molecule has 2 fully saturated rings. The normalized spacial score (nSPS) is 26.1. The maximum Gasteiger partial charge on any atom is 2.00 e. The Morgan fingerprint density at radius 3 is 1.16 bits per heavy atom. The smallest absolute Gasteiger partial charge is 0.393 e. The SMILES string of the molecule is C[C@@H](O)[C]1[CH][CH][CH][CH]1.C[C]1[C](C)[C](C)[C](C)[C]1C.[Fe+2]. The maximum absolute atomic E-state index is 8.91. The quantitative estimate of drug-likeness (QED) is 0.731. The van der Waals surface area contributed by atoms with E-state index in [9.17, 15) is 0 Å². The monoisotopic (exact) mass is 300 g/mol. The summed E-state index contributed by atoms with van der Waals surface area (Å²) in [6.07, 6.45) is 7.34. The van der Waals surface area contributed by atoms with Crippen molar-refractivity contribution in [1.82, 2.24) is 0 Å². The van der Waals surface area contributed by atoms with Gasteiger partial charge in [0.25, 0.3) is 0 Å². The van der Waals surface area contributed by atoms with Crippen molar-refractivity contribution in [1.29, 1.82) is 0 Å². The van der Waals surface area contributed by atoms with E-state index in [0.29, 0.717) is 0 Å². The summed E-state index contributed by atoms with van der Waals surface area (Å²) < 4.78 is 0. The van der Waals surface area contributed by atoms with Crippen molar-refractivity contribution in [3.63, 3.8) is 0 Å². The minimum Gasteiger partial charge on any atom is -0.393 e. The van der Waals surface area contributed by atoms with Gasteiger partial charge < -0.3 is 5.11 Å². The van der Waals surface area contributed by atoms with E-state index in [1.807, 2.05) is 25.7 Å². The van der Waals surface area contributed by atoms with Gasteiger partial charge in [-0.2, -0.15) is 0 Å². The molecular formula is C17H24FeO+2. The summed E-state index contributed by atoms with van der Waals surface area (Å²) in [5, 5.41) is 8.91. The molecule has 2 aliphatic carbocycles. The van der Waals surface area contributed by atoms with Crippen molar-refractivity contribution < 1.29 is 22.2 Å². The Hall–Kier alpha value is 0.479. The summed E-state index contributed by atoms with van der Waals surface area (Å²) in [6, 6.07) is 0. The third-order valence-corrected chi connectivity index (χ3v) is 3.98. The van der Waals surface area contributed by atoms with Gasteiger partial charge in [-0.25, -0.2) is 0 Å². The molecule has 1 nitrogen and oxygen atoms in total. The molecule has 0 aliphatic heterocycles. The van der Waals surface area contributed by atoms with E-state index in [-0.39, 0.29) is 23.2 Å². The van der Waals surface area contributed by atoms with Crippen molar-refractivity contribution in [2.75, 3.05) is 0 Å². The summed E-state index contributed by atoms with van der Waals surface area (Å²) >= 11 is 0. The van der Waals surface area contributed by atoms with E-state index in [4.69, 9.17) is 5.11 Å². The number of rotatable bonds is 1. The Labute approximate surface area is 131 Å². The van der Waals surface area contributed by atoms with Gasteiger partial charge in [0.1, 0.15) is 0 Å². The van der Waals surface area contributed by atoms with E-state index in [2.05, 4.69) is 34.6 Å². The van der Waals surface area contributed by atoms with Crippen molar-refractivity contribution in [2.24, 2.45) is 0 Å². The van der Waals surface area contributed by atoms with Gasteiger partial charge in [0.2, 0.25) is 0 Å². The van der Waals surface area contributed by atoms with Crippen LogP contribution in [0, 0.1) is 61.2 Å². The van der Waals surface area contributed by atoms with E-state index in [1.165, 1.54) is 29.6 Å². The van der Waals surface area contributed by atoms with E-state index in [1.54, 1.807) is 6.92 Å². The zero-order valence-corrected chi connectivity index (χ0v) is 13.8. The van der Waals surface area contributed by atoms with Crippen molar-refractivity contribution in [3.05, 3.63) is 61.2 Å². The molecule has 1 atom stereocenters. The Morgan fingerprint density at radius 1 is 0.737 bits per heavy atom. The second kappa shape index (κ2) is 8.70. The Kier molecular flexibility index (Phi) is 8.92. The number of aliphatic hydroxyl groups excluding tert-OH is 1. The minimum atomic E-state index is -0.315. The fourth-order valence-corrected chi connectivity index (χ4v) is 2.07. The predicted octanol–water partition coefficient (Wildman–Crippen LogP) is 3.74. The zero-order chi connectivity index (χ0) is 13.9. The molecule has 0 aromatic rings. The summed E-state index contributed by atoms with van der Waals surface area (Å²) in [5.74, 6) is 8.33. The third kappa shape index (κ3) is 5.06. The molecule has 0 bridgehead atoms. The molecule has 19 heavy (non-hydrogen) atoms. The summed E-state index contributed by atoms with van der Waals surface area (Å²) in [5.41, 5.74) is 0. The van der Waals surface area contributed by atoms with E-state index < -0.39 is 0 Å². The van der Waals surface area contributed by atoms with Gasteiger partial charge in [0.05, 0.1) is 6.10 Å². The Balaban J connectivity index is 0.000000331. The average molecular weight is 300 g/mol. The summed E-state index contributed by atoms with van der Waals surface area (Å²) in [4.78, 5) is 0. The van der Waals surface area contributed by atoms with Crippen LogP contribution in [0.15, 0.2) is 0 Å². The summed E-state index contributed by atoms with van der Waals surface area (Å²) in [6.45, 7) is 12.8. The third-order valence-electron chi connectivity index (χ3n) is 3.98. The van der Waals surface area contributed by atoms with Gasteiger partial charge in [-0.15, -0.1) is 0 Å². The second-order valence-corrected chi connectivity index (χ2v) is 5.02. The van der Waals surface area contributed by atoms with E-state index in [0.717, 1.165) is 5.92 Å². The van der Waals surface area contributed by atoms with Gasteiger partial charge in [0, 0.05) is 5.92 Å². The largest absolute Gasteiger partial charge is 2.00 e. The van der Waals surface area contributed by atoms with Crippen LogP contribution >= 0.6 is 0 Å². The molecular weight excluding hydrogens is 276 g/mol. The maximum atomic E-state index is 8.91. The molecule has 0 amide bonds. The first-order valence-electron chi connectivity index (χ1n) is 6.45. The molecule has 2 heteroatoms. The van der Waals surface area contributed by atoms with Crippen LogP contribution in [-0.2, 0) is 17.1 Å². The molecule has 2 aliphatic rings. The van der Waals surface area contributed by atoms with Crippen LogP contribution in [0.2, 0.25) is 0 Å². The molecule has 2 rings (SSSR count). The van der Waals surface area contributed by atoms with Crippen LogP contribution in [0.1, 0.15) is 41.5 Å². The zero-order valence-electron chi connectivity index (χ0n) is 12.7. The van der Waals surface area contributed by atoms with Crippen LogP contribution < -0.4 is 0 Å². The minimum absolute atomic E-state index is 0. The fourth-order valence-electron chi connectivity index (χ4n) is 2.07. The van der Waals surface area contributed by atoms with Gasteiger partial charge in [-0.1, -0.05) is 34.6 Å². The van der Waals surface area contributed by atoms with Crippen LogP contribution in [0.3, 0.4) is 0 Å². The Bertz CT molecular complexity index is 191. The topological polar surface area (TPSA) is 20.2 Å². The van der Waals surface area contributed by atoms with Gasteiger partial charge in [-0.05, 0) is 62.2 Å². The van der Waals surface area contributed by atoms with Crippen molar-refractivity contribution >= 4 is 0 Å². The average Bonchev–Trinajstić information content (AvgIpc) is 2.93. The van der Waals surface area contributed by atoms with Crippen LogP contribution in [-0.4, -0.2) is 11.2 Å². The van der Waals surface area contributed by atoms with Gasteiger partial charge in [0.15, 0.2) is 0 Å². The molecule has 1 N–H and O–H groups in total. The van der Waals surface area contributed by atoms with Crippen LogP contribution in [0.4, 0.5) is 0 Å². The molecule has 0 aromatic carbocycles. The molecule has 0 heterocycles. The molecule has 0 spiro atoms. The summed E-state index contributed by atoms with van der Waals surface area (Å²) in [7, 11) is 0. The van der Waals surface area contributed by atoms with Gasteiger partial charge in [-0.3, -0.25) is 0 Å². The number of aliphatic hydroxyl groups is 1. The molecule has 0 aromatic heterocycles. The van der Waals surface area contributed by atoms with Crippen molar-refractivity contribution in [3.8, 4) is 0 Å². The van der Waals surface area contributed by atoms with Crippen molar-refractivity contribution in [2.45, 2.75) is 47.6 Å². The molecule has 2 saturated carbocycles. The first-order chi connectivity index (χ1) is 8.36. The molecule has 0 unspecified atom stereocenters. The van der Waals surface area contributed by atoms with Gasteiger partial charge >= 0.3 is 17.1 Å². The standard InChI is InChI=1S/C10H15.C7H9O.Fe/c1-6-7(2)9(4)10(5)8(6)3;1-6(8)7-4-2-3-5-7;/h1-5H3;2-6,8H,1H3;/q;;+2/t;6-;/m.1./s1. The van der Waals surface area contributed by atoms with Crippen LogP contribution in [0.5, 0.6) is 0 Å². The predicted molar refractivity (Wildman–Crippen MR) is 76.7 cm³/mol. The first kappa shape index (κ1) is 19.5. The van der Waals surface area contributed by atoms with Crippen LogP contribution in [0.25, 0.3) is 0 Å². The second-order valence-electron chi connectivity index (χ2n) is 5.02. The molecule has 0 saturated heterocycles. The number of hydrogen-bond donors (Lipinski definition) is 1. The molecule has 10 radical (unpaired) electrons. The first-order valence-corrected chi connectivity index (χ1v) is 6.45. The molecule has 104 valence electrons. The number of hydrogen-bond acceptors (Lipinski definition) is 1. The fraction of sp³-hybridized carbons (Fsp3) is 0.412.